The number of likely N-dealkylation sites (tertiary alicyclic amines) is 1. The number of rotatable bonds is 4. The van der Waals surface area contributed by atoms with Gasteiger partial charge in [0.05, 0.1) is 17.9 Å². The molecule has 0 spiro atoms. The van der Waals surface area contributed by atoms with Crippen LogP contribution in [0.15, 0.2) is 41.1 Å². The molecule has 29 heavy (non-hydrogen) atoms. The largest absolute Gasteiger partial charge is 0.492 e. The highest BCUT2D eigenvalue weighted by Crippen LogP contribution is 2.31. The van der Waals surface area contributed by atoms with E-state index in [2.05, 4.69) is 19.1 Å². The van der Waals surface area contributed by atoms with Crippen molar-refractivity contribution in [1.29, 1.82) is 0 Å². The maximum atomic E-state index is 12.6. The highest BCUT2D eigenvalue weighted by Gasteiger charge is 2.28. The van der Waals surface area contributed by atoms with Crippen LogP contribution in [0.2, 0.25) is 0 Å². The predicted octanol–water partition coefficient (Wildman–Crippen LogP) is 0.783. The lowest BCUT2D eigenvalue weighted by atomic mass is 9.98. The van der Waals surface area contributed by atoms with E-state index >= 15 is 0 Å². The summed E-state index contributed by atoms with van der Waals surface area (Å²) in [5.41, 5.74) is 6.59. The molecule has 0 radical (unpaired) electrons. The van der Waals surface area contributed by atoms with Gasteiger partial charge in [0.15, 0.2) is 5.84 Å². The number of hydrogen-bond acceptors (Lipinski definition) is 7. The second kappa shape index (κ2) is 7.66. The van der Waals surface area contributed by atoms with Crippen LogP contribution in [0.25, 0.3) is 0 Å². The van der Waals surface area contributed by atoms with E-state index in [1.54, 1.807) is 41.6 Å². The fraction of sp³-hybridized carbons (Fsp3) is 0.333. The first kappa shape index (κ1) is 19.1. The number of anilines is 1. The zero-order chi connectivity index (χ0) is 20.4. The molecule has 2 aliphatic heterocycles. The summed E-state index contributed by atoms with van der Waals surface area (Å²) in [6.07, 6.45) is 4.85. The Morgan fingerprint density at radius 1 is 1.28 bits per heavy atom. The molecule has 1 atom stereocenters. The van der Waals surface area contributed by atoms with E-state index in [1.165, 1.54) is 0 Å². The Labute approximate surface area is 168 Å². The molecule has 3 N–H and O–H groups in total. The van der Waals surface area contributed by atoms with Gasteiger partial charge in [-0.05, 0) is 31.0 Å². The van der Waals surface area contributed by atoms with Gasteiger partial charge in [-0.2, -0.15) is 8.42 Å². The Kier molecular flexibility index (Phi) is 5.05. The van der Waals surface area contributed by atoms with Crippen molar-refractivity contribution in [3.8, 4) is 5.75 Å². The number of amidine groups is 1. The van der Waals surface area contributed by atoms with E-state index in [4.69, 9.17) is 10.5 Å². The lowest BCUT2D eigenvalue weighted by Crippen LogP contribution is -2.42. The molecular formula is C18H20N6O4S. The lowest BCUT2D eigenvalue weighted by molar-refractivity contribution is 0.0621. The summed E-state index contributed by atoms with van der Waals surface area (Å²) < 4.78 is 35.2. The van der Waals surface area contributed by atoms with Gasteiger partial charge in [0, 0.05) is 31.4 Å². The number of nitrogens with zero attached hydrogens (tertiary/aromatic N) is 4. The van der Waals surface area contributed by atoms with Crippen LogP contribution >= 0.6 is 0 Å². The van der Waals surface area contributed by atoms with Crippen LogP contribution in [0.3, 0.4) is 0 Å². The number of ether oxygens (including phenoxy) is 1. The molecule has 4 rings (SSSR count). The van der Waals surface area contributed by atoms with Crippen LogP contribution in [0.4, 0.5) is 5.69 Å². The van der Waals surface area contributed by atoms with E-state index in [9.17, 15) is 13.2 Å². The Bertz CT molecular complexity index is 1060. The highest BCUT2D eigenvalue weighted by molar-refractivity contribution is 7.91. The fourth-order valence-corrected chi connectivity index (χ4v) is 4.33. The Morgan fingerprint density at radius 3 is 2.86 bits per heavy atom. The van der Waals surface area contributed by atoms with Crippen LogP contribution in [-0.4, -0.2) is 54.7 Å². The quantitative estimate of drug-likeness (QED) is 0.750. The van der Waals surface area contributed by atoms with Gasteiger partial charge in [0.25, 0.3) is 5.91 Å². The van der Waals surface area contributed by atoms with Crippen LogP contribution in [0, 0.1) is 5.92 Å². The maximum Gasteiger partial charge on any atom is 0.344 e. The first-order chi connectivity index (χ1) is 13.9. The Morgan fingerprint density at radius 2 is 2.07 bits per heavy atom. The minimum atomic E-state index is -3.84. The number of fused-ring (bicyclic) bond motifs is 1. The van der Waals surface area contributed by atoms with Crippen molar-refractivity contribution in [2.45, 2.75) is 12.8 Å². The van der Waals surface area contributed by atoms with Crippen molar-refractivity contribution < 1.29 is 17.9 Å². The summed E-state index contributed by atoms with van der Waals surface area (Å²) in [5.74, 6) is 0.434. The minimum absolute atomic E-state index is 0.115. The molecule has 1 aromatic carbocycles. The molecule has 0 bridgehead atoms. The zero-order valence-corrected chi connectivity index (χ0v) is 16.3. The van der Waals surface area contributed by atoms with Crippen molar-refractivity contribution in [2.24, 2.45) is 16.0 Å². The molecule has 11 heteroatoms. The number of nitrogens with one attached hydrogen (secondary N) is 1. The van der Waals surface area contributed by atoms with Crippen molar-refractivity contribution in [3.63, 3.8) is 0 Å². The van der Waals surface area contributed by atoms with Gasteiger partial charge in [-0.1, -0.05) is 6.07 Å². The van der Waals surface area contributed by atoms with Crippen LogP contribution < -0.4 is 15.2 Å². The van der Waals surface area contributed by atoms with Gasteiger partial charge in [-0.15, -0.1) is 4.40 Å². The molecule has 1 aromatic heterocycles. The third-order valence-electron chi connectivity index (χ3n) is 4.78. The van der Waals surface area contributed by atoms with Crippen LogP contribution in [0.1, 0.15) is 29.0 Å². The molecule has 3 heterocycles. The number of hydrogen-bond donors (Lipinski definition) is 2. The molecule has 2 aliphatic rings. The average molecular weight is 416 g/mol. The van der Waals surface area contributed by atoms with Crippen molar-refractivity contribution in [1.82, 2.24) is 14.9 Å². The summed E-state index contributed by atoms with van der Waals surface area (Å²) in [5, 5.41) is 0. The SMILES string of the molecule is NC1=NS(=O)(=O)Nc2cccc(OC[C@H]3CCCN(C(=O)c4ncccn4)C3)c21. The summed E-state index contributed by atoms with van der Waals surface area (Å²) in [4.78, 5) is 22.4. The van der Waals surface area contributed by atoms with Crippen LogP contribution in [-0.2, 0) is 10.2 Å². The molecule has 0 unspecified atom stereocenters. The van der Waals surface area contributed by atoms with Gasteiger partial charge in [0.1, 0.15) is 5.75 Å². The number of benzene rings is 1. The zero-order valence-electron chi connectivity index (χ0n) is 15.5. The summed E-state index contributed by atoms with van der Waals surface area (Å²) in [6, 6.07) is 6.66. The molecule has 10 nitrogen and oxygen atoms in total. The van der Waals surface area contributed by atoms with Crippen LogP contribution in [0.5, 0.6) is 5.75 Å². The topological polar surface area (TPSA) is 140 Å². The number of carbonyl (C=O) groups is 1. The molecule has 2 aromatic rings. The fourth-order valence-electron chi connectivity index (χ4n) is 3.48. The minimum Gasteiger partial charge on any atom is -0.492 e. The molecule has 1 amide bonds. The molecular weight excluding hydrogens is 396 g/mol. The number of carbonyl (C=O) groups excluding carboxylic acids is 1. The van der Waals surface area contributed by atoms with E-state index in [1.807, 2.05) is 0 Å². The third-order valence-corrected chi connectivity index (χ3v) is 5.69. The number of piperidine rings is 1. The van der Waals surface area contributed by atoms with Gasteiger partial charge < -0.3 is 15.4 Å². The molecule has 1 saturated heterocycles. The number of amides is 1. The summed E-state index contributed by atoms with van der Waals surface area (Å²) in [7, 11) is -3.84. The monoisotopic (exact) mass is 416 g/mol. The standard InChI is InChI=1S/C18H20N6O4S/c19-16-15-13(22-29(26,27)23-16)5-1-6-14(15)28-11-12-4-2-9-24(10-12)18(25)17-20-7-3-8-21-17/h1,3,5-8,12,22H,2,4,9-11H2,(H2,19,23)/t12-/m0/s1. The molecule has 1 fully saturated rings. The first-order valence-corrected chi connectivity index (χ1v) is 10.6. The smallest absolute Gasteiger partial charge is 0.344 e. The number of nitrogens with two attached hydrogens (primary N) is 1. The van der Waals surface area contributed by atoms with E-state index in [0.29, 0.717) is 36.7 Å². The average Bonchev–Trinajstić information content (AvgIpc) is 2.71. The van der Waals surface area contributed by atoms with E-state index in [0.717, 1.165) is 12.8 Å². The van der Waals surface area contributed by atoms with Crippen molar-refractivity contribution in [2.75, 3.05) is 24.4 Å². The van der Waals surface area contributed by atoms with Crippen molar-refractivity contribution in [3.05, 3.63) is 48.0 Å². The summed E-state index contributed by atoms with van der Waals surface area (Å²) >= 11 is 0. The van der Waals surface area contributed by atoms with Gasteiger partial charge in [0.2, 0.25) is 5.82 Å². The molecule has 0 saturated carbocycles. The van der Waals surface area contributed by atoms with Gasteiger partial charge in [-0.25, -0.2) is 9.97 Å². The maximum absolute atomic E-state index is 12.6. The van der Waals surface area contributed by atoms with E-state index < -0.39 is 10.2 Å². The molecule has 0 aliphatic carbocycles. The van der Waals surface area contributed by atoms with Crippen molar-refractivity contribution >= 4 is 27.6 Å². The predicted molar refractivity (Wildman–Crippen MR) is 106 cm³/mol. The van der Waals surface area contributed by atoms with E-state index in [-0.39, 0.29) is 23.5 Å². The third kappa shape index (κ3) is 4.14. The first-order valence-electron chi connectivity index (χ1n) is 9.13. The Balaban J connectivity index is 1.44. The van der Waals surface area contributed by atoms with Gasteiger partial charge in [-0.3, -0.25) is 9.52 Å². The lowest BCUT2D eigenvalue weighted by Gasteiger charge is -2.32. The second-order valence-corrected chi connectivity index (χ2v) is 8.21. The number of aromatic nitrogens is 2. The Hall–Kier alpha value is -3.21. The van der Waals surface area contributed by atoms with Gasteiger partial charge >= 0.3 is 10.2 Å². The summed E-state index contributed by atoms with van der Waals surface area (Å²) in [6.45, 7) is 1.54. The highest BCUT2D eigenvalue weighted by atomic mass is 32.2. The second-order valence-electron chi connectivity index (χ2n) is 6.88. The normalized spacial score (nSPS) is 20.2. The molecule has 152 valence electrons.